The summed E-state index contributed by atoms with van der Waals surface area (Å²) in [6.45, 7) is 1.65. The molecule has 1 N–H and O–H groups in total. The molecule has 3 heteroatoms. The van der Waals surface area contributed by atoms with Crippen molar-refractivity contribution in [2.45, 2.75) is 13.3 Å². The van der Waals surface area contributed by atoms with Crippen molar-refractivity contribution < 1.29 is 14.3 Å². The molecule has 1 atom stereocenters. The standard InChI is InChI=1S/C12H13FO2/c1-2-10(12(14)15)11(13)8-9-6-4-3-5-7-9/h3-8,10H,2H2,1H3,(H,14,15). The molecule has 1 aromatic carbocycles. The minimum absolute atomic E-state index is 0.254. The van der Waals surface area contributed by atoms with Crippen molar-refractivity contribution >= 4 is 12.0 Å². The Kier molecular flexibility index (Phi) is 4.03. The van der Waals surface area contributed by atoms with Crippen molar-refractivity contribution in [3.8, 4) is 0 Å². The van der Waals surface area contributed by atoms with E-state index in [9.17, 15) is 9.18 Å². The van der Waals surface area contributed by atoms with Gasteiger partial charge in [0.2, 0.25) is 0 Å². The molecule has 0 bridgehead atoms. The number of rotatable bonds is 4. The molecule has 0 heterocycles. The number of benzene rings is 1. The zero-order valence-corrected chi connectivity index (χ0v) is 8.48. The summed E-state index contributed by atoms with van der Waals surface area (Å²) in [4.78, 5) is 10.7. The summed E-state index contributed by atoms with van der Waals surface area (Å²) >= 11 is 0. The maximum atomic E-state index is 13.5. The molecule has 0 amide bonds. The number of carboxylic acids is 1. The van der Waals surface area contributed by atoms with Crippen LogP contribution in [0, 0.1) is 5.92 Å². The van der Waals surface area contributed by atoms with E-state index in [1.165, 1.54) is 6.08 Å². The largest absolute Gasteiger partial charge is 0.481 e. The van der Waals surface area contributed by atoms with Gasteiger partial charge in [0, 0.05) is 0 Å². The minimum atomic E-state index is -1.12. The monoisotopic (exact) mass is 208 g/mol. The van der Waals surface area contributed by atoms with Gasteiger partial charge in [-0.05, 0) is 18.1 Å². The van der Waals surface area contributed by atoms with Crippen LogP contribution >= 0.6 is 0 Å². The smallest absolute Gasteiger partial charge is 0.313 e. The second-order valence-electron chi connectivity index (χ2n) is 3.24. The summed E-state index contributed by atoms with van der Waals surface area (Å²) in [5.41, 5.74) is 0.676. The van der Waals surface area contributed by atoms with Crippen LogP contribution in [0.2, 0.25) is 0 Å². The Labute approximate surface area is 88.1 Å². The number of hydrogen-bond donors (Lipinski definition) is 1. The van der Waals surface area contributed by atoms with E-state index in [4.69, 9.17) is 5.11 Å². The highest BCUT2D eigenvalue weighted by molar-refractivity contribution is 5.75. The number of carbonyl (C=O) groups is 1. The van der Waals surface area contributed by atoms with E-state index < -0.39 is 17.7 Å². The van der Waals surface area contributed by atoms with Crippen molar-refractivity contribution in [2.75, 3.05) is 0 Å². The van der Waals surface area contributed by atoms with E-state index in [1.807, 2.05) is 6.07 Å². The lowest BCUT2D eigenvalue weighted by Crippen LogP contribution is -2.12. The van der Waals surface area contributed by atoms with Gasteiger partial charge in [0.1, 0.15) is 11.7 Å². The van der Waals surface area contributed by atoms with Gasteiger partial charge in [0.05, 0.1) is 0 Å². The molecule has 1 rings (SSSR count). The Hall–Kier alpha value is -1.64. The Morgan fingerprint density at radius 3 is 2.53 bits per heavy atom. The SMILES string of the molecule is CCC(C(=O)O)C(F)=Cc1ccccc1. The third-order valence-electron chi connectivity index (χ3n) is 2.14. The number of halogens is 1. The van der Waals surface area contributed by atoms with Crippen molar-refractivity contribution in [1.82, 2.24) is 0 Å². The Balaban J connectivity index is 2.88. The van der Waals surface area contributed by atoms with E-state index in [-0.39, 0.29) is 6.42 Å². The van der Waals surface area contributed by atoms with Crippen molar-refractivity contribution in [3.05, 3.63) is 41.7 Å². The second-order valence-corrected chi connectivity index (χ2v) is 3.24. The third-order valence-corrected chi connectivity index (χ3v) is 2.14. The molecule has 15 heavy (non-hydrogen) atoms. The molecular weight excluding hydrogens is 195 g/mol. The maximum absolute atomic E-state index is 13.5. The van der Waals surface area contributed by atoms with Crippen LogP contribution in [-0.4, -0.2) is 11.1 Å². The first-order valence-corrected chi connectivity index (χ1v) is 4.80. The first-order valence-electron chi connectivity index (χ1n) is 4.80. The number of hydrogen-bond acceptors (Lipinski definition) is 1. The second kappa shape index (κ2) is 5.29. The fourth-order valence-corrected chi connectivity index (χ4v) is 1.30. The van der Waals surface area contributed by atoms with Gasteiger partial charge in [-0.3, -0.25) is 4.79 Å². The van der Waals surface area contributed by atoms with E-state index in [2.05, 4.69) is 0 Å². The number of carboxylic acid groups (broad SMARTS) is 1. The average molecular weight is 208 g/mol. The Bertz CT molecular complexity index is 357. The highest BCUT2D eigenvalue weighted by atomic mass is 19.1. The molecule has 0 spiro atoms. The molecule has 0 aliphatic rings. The maximum Gasteiger partial charge on any atom is 0.313 e. The summed E-state index contributed by atoms with van der Waals surface area (Å²) < 4.78 is 13.5. The molecule has 0 aromatic heterocycles. The lowest BCUT2D eigenvalue weighted by Gasteiger charge is -2.06. The molecule has 2 nitrogen and oxygen atoms in total. The van der Waals surface area contributed by atoms with E-state index in [0.717, 1.165) is 0 Å². The molecule has 0 fully saturated rings. The van der Waals surface area contributed by atoms with Gasteiger partial charge >= 0.3 is 5.97 Å². The first kappa shape index (κ1) is 11.4. The molecule has 0 aliphatic carbocycles. The summed E-state index contributed by atoms with van der Waals surface area (Å²) in [7, 11) is 0. The highest BCUT2D eigenvalue weighted by Gasteiger charge is 2.20. The predicted octanol–water partition coefficient (Wildman–Crippen LogP) is 3.11. The van der Waals surface area contributed by atoms with E-state index >= 15 is 0 Å². The van der Waals surface area contributed by atoms with Crippen LogP contribution in [-0.2, 0) is 4.79 Å². The van der Waals surface area contributed by atoms with Gasteiger partial charge in [-0.2, -0.15) is 0 Å². The van der Waals surface area contributed by atoms with Gasteiger partial charge in [-0.25, -0.2) is 4.39 Å². The van der Waals surface area contributed by atoms with Crippen LogP contribution < -0.4 is 0 Å². The predicted molar refractivity (Wildman–Crippen MR) is 56.9 cm³/mol. The Morgan fingerprint density at radius 2 is 2.07 bits per heavy atom. The van der Waals surface area contributed by atoms with E-state index in [0.29, 0.717) is 5.56 Å². The fourth-order valence-electron chi connectivity index (χ4n) is 1.30. The molecule has 1 aromatic rings. The zero-order chi connectivity index (χ0) is 11.3. The Morgan fingerprint density at radius 1 is 1.47 bits per heavy atom. The molecule has 0 aliphatic heterocycles. The molecule has 0 saturated heterocycles. The summed E-state index contributed by atoms with van der Waals surface area (Å²) in [5.74, 6) is -2.76. The molecule has 0 saturated carbocycles. The summed E-state index contributed by atoms with van der Waals surface area (Å²) in [6.07, 6.45) is 1.52. The van der Waals surface area contributed by atoms with Crippen LogP contribution in [0.1, 0.15) is 18.9 Å². The van der Waals surface area contributed by atoms with Crippen LogP contribution in [0.15, 0.2) is 36.2 Å². The number of aliphatic carboxylic acids is 1. The van der Waals surface area contributed by atoms with Crippen LogP contribution in [0.3, 0.4) is 0 Å². The third kappa shape index (κ3) is 3.20. The molecule has 1 unspecified atom stereocenters. The fraction of sp³-hybridized carbons (Fsp3) is 0.250. The molecule has 0 radical (unpaired) electrons. The zero-order valence-electron chi connectivity index (χ0n) is 8.48. The first-order chi connectivity index (χ1) is 7.15. The van der Waals surface area contributed by atoms with Gasteiger partial charge in [-0.15, -0.1) is 0 Å². The highest BCUT2D eigenvalue weighted by Crippen LogP contribution is 2.19. The van der Waals surface area contributed by atoms with Gasteiger partial charge < -0.3 is 5.11 Å². The quantitative estimate of drug-likeness (QED) is 0.825. The normalized spacial score (nSPS) is 13.6. The van der Waals surface area contributed by atoms with Gasteiger partial charge in [0.15, 0.2) is 0 Å². The van der Waals surface area contributed by atoms with Gasteiger partial charge in [-0.1, -0.05) is 37.3 Å². The van der Waals surface area contributed by atoms with Crippen molar-refractivity contribution in [2.24, 2.45) is 5.92 Å². The summed E-state index contributed by atoms with van der Waals surface area (Å²) in [6, 6.07) is 8.84. The lowest BCUT2D eigenvalue weighted by molar-refractivity contribution is -0.140. The minimum Gasteiger partial charge on any atom is -0.481 e. The molecule has 80 valence electrons. The topological polar surface area (TPSA) is 37.3 Å². The lowest BCUT2D eigenvalue weighted by atomic mass is 10.0. The van der Waals surface area contributed by atoms with Crippen LogP contribution in [0.25, 0.3) is 6.08 Å². The summed E-state index contributed by atoms with van der Waals surface area (Å²) in [5, 5.41) is 8.74. The average Bonchev–Trinajstić information content (AvgIpc) is 2.19. The van der Waals surface area contributed by atoms with E-state index in [1.54, 1.807) is 31.2 Å². The van der Waals surface area contributed by atoms with Gasteiger partial charge in [0.25, 0.3) is 0 Å². The van der Waals surface area contributed by atoms with Crippen molar-refractivity contribution in [3.63, 3.8) is 0 Å². The van der Waals surface area contributed by atoms with Crippen molar-refractivity contribution in [1.29, 1.82) is 0 Å². The molecular formula is C12H13FO2. The van der Waals surface area contributed by atoms with Crippen LogP contribution in [0.5, 0.6) is 0 Å². The van der Waals surface area contributed by atoms with Crippen LogP contribution in [0.4, 0.5) is 4.39 Å².